The van der Waals surface area contributed by atoms with Gasteiger partial charge in [0, 0.05) is 18.5 Å². The Bertz CT molecular complexity index is 2250. The van der Waals surface area contributed by atoms with Gasteiger partial charge >= 0.3 is 0 Å². The lowest BCUT2D eigenvalue weighted by molar-refractivity contribution is 0.125. The normalized spacial score (nSPS) is 13.1. The zero-order valence-electron chi connectivity index (χ0n) is 28.7. The van der Waals surface area contributed by atoms with Crippen molar-refractivity contribution in [1.82, 2.24) is 5.32 Å². The second-order valence-electron chi connectivity index (χ2n) is 13.9. The fourth-order valence-electron chi connectivity index (χ4n) is 8.66. The van der Waals surface area contributed by atoms with Crippen molar-refractivity contribution in [2.75, 3.05) is 0 Å². The molecule has 0 spiro atoms. The van der Waals surface area contributed by atoms with E-state index in [1.165, 1.54) is 49.5 Å². The summed E-state index contributed by atoms with van der Waals surface area (Å²) in [5, 5.41) is 22.0. The highest BCUT2D eigenvalue weighted by atomic mass is 16.3. The smallest absolute Gasteiger partial charge is 0.140 e. The molecule has 9 rings (SSSR count). The van der Waals surface area contributed by atoms with E-state index in [4.69, 9.17) is 0 Å². The van der Waals surface area contributed by atoms with Gasteiger partial charge in [0.15, 0.2) is 0 Å². The third-order valence-corrected chi connectivity index (χ3v) is 11.2. The highest BCUT2D eigenvalue weighted by molar-refractivity contribution is 6.09. The van der Waals surface area contributed by atoms with Crippen LogP contribution < -0.4 is 5.32 Å². The highest BCUT2D eigenvalue weighted by Gasteiger charge is 2.40. The van der Waals surface area contributed by atoms with Gasteiger partial charge in [-0.3, -0.25) is 0 Å². The Kier molecular flexibility index (Phi) is 7.65. The van der Waals surface area contributed by atoms with Gasteiger partial charge in [-0.05, 0) is 96.2 Å². The maximum Gasteiger partial charge on any atom is 0.140 e. The van der Waals surface area contributed by atoms with Crippen molar-refractivity contribution >= 4 is 21.5 Å². The Morgan fingerprint density at radius 3 is 1.24 bits per heavy atom. The van der Waals surface area contributed by atoms with Gasteiger partial charge in [0.05, 0.1) is 0 Å². The fraction of sp³-hybridized carbons (Fsp3) is 0.102. The predicted octanol–water partition coefficient (Wildman–Crippen LogP) is 10.9. The summed E-state index contributed by atoms with van der Waals surface area (Å²) in [5.41, 5.74) is 9.37. The number of hydrogen-bond acceptors (Lipinski definition) is 2. The molecule has 2 heteroatoms. The van der Waals surface area contributed by atoms with Crippen LogP contribution in [-0.2, 0) is 24.1 Å². The lowest BCUT2D eigenvalue weighted by Gasteiger charge is -2.35. The number of aliphatic hydroxyl groups is 1. The molecule has 0 radical (unpaired) electrons. The van der Waals surface area contributed by atoms with Crippen LogP contribution in [0.25, 0.3) is 32.7 Å². The molecule has 0 bridgehead atoms. The molecule has 0 amide bonds. The second-order valence-corrected chi connectivity index (χ2v) is 13.9. The third-order valence-electron chi connectivity index (χ3n) is 11.2. The van der Waals surface area contributed by atoms with Crippen molar-refractivity contribution < 1.29 is 5.11 Å². The molecule has 0 unspecified atom stereocenters. The number of hydrogen-bond donors (Lipinski definition) is 2. The number of rotatable bonds is 6. The van der Waals surface area contributed by atoms with E-state index in [1.54, 1.807) is 0 Å². The summed E-state index contributed by atoms with van der Waals surface area (Å²) in [4.78, 5) is 0. The molecule has 0 saturated heterocycles. The lowest BCUT2D eigenvalue weighted by Crippen LogP contribution is -2.31. The van der Waals surface area contributed by atoms with Gasteiger partial charge in [-0.25, -0.2) is 0 Å². The fourth-order valence-corrected chi connectivity index (χ4v) is 8.66. The van der Waals surface area contributed by atoms with Crippen molar-refractivity contribution in [2.24, 2.45) is 0 Å². The molecule has 8 aromatic carbocycles. The van der Waals surface area contributed by atoms with Crippen LogP contribution in [0.2, 0.25) is 0 Å². The van der Waals surface area contributed by atoms with E-state index in [-0.39, 0.29) is 0 Å². The van der Waals surface area contributed by atoms with Crippen LogP contribution in [0, 0.1) is 0 Å². The summed E-state index contributed by atoms with van der Waals surface area (Å²) in [6.45, 7) is 3.67. The molecule has 0 aliphatic carbocycles. The van der Waals surface area contributed by atoms with Crippen LogP contribution in [-0.4, -0.2) is 5.11 Å². The minimum absolute atomic E-state index is 0.439. The van der Waals surface area contributed by atoms with E-state index in [0.29, 0.717) is 13.1 Å². The zero-order chi connectivity index (χ0) is 34.4. The Labute approximate surface area is 299 Å². The van der Waals surface area contributed by atoms with Crippen LogP contribution in [0.1, 0.15) is 51.4 Å². The van der Waals surface area contributed by atoms with Crippen LogP contribution >= 0.6 is 0 Å². The summed E-state index contributed by atoms with van der Waals surface area (Å²) < 4.78 is 0. The van der Waals surface area contributed by atoms with Gasteiger partial charge in [-0.15, -0.1) is 0 Å². The van der Waals surface area contributed by atoms with Gasteiger partial charge in [0.2, 0.25) is 0 Å². The van der Waals surface area contributed by atoms with E-state index in [9.17, 15) is 5.11 Å². The monoisotopic (exact) mass is 657 g/mol. The number of fused-ring (bicyclic) bond motifs is 7. The Balaban J connectivity index is 1.45. The van der Waals surface area contributed by atoms with Crippen molar-refractivity contribution in [2.45, 2.75) is 31.0 Å². The molecule has 8 aromatic rings. The van der Waals surface area contributed by atoms with Crippen LogP contribution in [0.5, 0.6) is 0 Å². The SMILES string of the molecule is CC(c1ccccc1)(c1ccccc1)c1cc2ccccc2c2c1CNCc1c(C(O)(c3ccccc3)c3ccccc3)cc3ccccc3c1-2. The van der Waals surface area contributed by atoms with Crippen LogP contribution in [0.15, 0.2) is 182 Å². The first kappa shape index (κ1) is 31.2. The second kappa shape index (κ2) is 12.5. The molecule has 2 N–H and O–H groups in total. The maximum absolute atomic E-state index is 13.3. The summed E-state index contributed by atoms with van der Waals surface area (Å²) in [6.07, 6.45) is 0. The predicted molar refractivity (Wildman–Crippen MR) is 211 cm³/mol. The summed E-state index contributed by atoms with van der Waals surface area (Å²) >= 11 is 0. The average Bonchev–Trinajstić information content (AvgIpc) is 3.42. The Hall–Kier alpha value is -5.80. The molecule has 0 fully saturated rings. The summed E-state index contributed by atoms with van der Waals surface area (Å²) in [6, 6.07) is 64.3. The van der Waals surface area contributed by atoms with Crippen molar-refractivity contribution in [3.05, 3.63) is 226 Å². The van der Waals surface area contributed by atoms with Crippen molar-refractivity contribution in [3.63, 3.8) is 0 Å². The lowest BCUT2D eigenvalue weighted by atomic mass is 9.67. The maximum atomic E-state index is 13.3. The van der Waals surface area contributed by atoms with Gasteiger partial charge in [-0.1, -0.05) is 170 Å². The molecule has 1 aliphatic heterocycles. The van der Waals surface area contributed by atoms with Crippen molar-refractivity contribution in [1.29, 1.82) is 0 Å². The largest absolute Gasteiger partial charge is 0.376 e. The first-order valence-corrected chi connectivity index (χ1v) is 17.8. The zero-order valence-corrected chi connectivity index (χ0v) is 28.7. The van der Waals surface area contributed by atoms with E-state index in [2.05, 4.69) is 134 Å². The molecule has 246 valence electrons. The van der Waals surface area contributed by atoms with Crippen LogP contribution in [0.3, 0.4) is 0 Å². The Morgan fingerprint density at radius 1 is 0.431 bits per heavy atom. The molecular formula is C49H39NO. The summed E-state index contributed by atoms with van der Waals surface area (Å²) in [5.74, 6) is 0. The van der Waals surface area contributed by atoms with Gasteiger partial charge in [0.1, 0.15) is 5.60 Å². The first-order chi connectivity index (χ1) is 25.1. The van der Waals surface area contributed by atoms with E-state index < -0.39 is 11.0 Å². The number of nitrogens with one attached hydrogen (secondary N) is 1. The first-order valence-electron chi connectivity index (χ1n) is 17.8. The molecule has 0 aromatic heterocycles. The number of benzene rings is 8. The molecule has 51 heavy (non-hydrogen) atoms. The van der Waals surface area contributed by atoms with Crippen molar-refractivity contribution in [3.8, 4) is 11.1 Å². The Morgan fingerprint density at radius 2 is 0.784 bits per heavy atom. The van der Waals surface area contributed by atoms with E-state index in [1.807, 2.05) is 60.7 Å². The molecule has 0 atom stereocenters. The standard InChI is InChI=1S/C49H39NO/c1-48(36-20-6-2-7-21-36,37-22-8-3-9-23-37)44-30-34-18-14-16-28-40(34)46-42(44)32-50-33-43-45(31-35-19-15-17-29-41(35)47(43)46)49(51,38-24-10-4-11-25-38)39-26-12-5-13-27-39/h2-31,50-51H,32-33H2,1H3. The topological polar surface area (TPSA) is 32.3 Å². The van der Waals surface area contributed by atoms with Gasteiger partial charge in [-0.2, -0.15) is 0 Å². The average molecular weight is 658 g/mol. The van der Waals surface area contributed by atoms with Gasteiger partial charge < -0.3 is 10.4 Å². The third kappa shape index (κ3) is 4.94. The van der Waals surface area contributed by atoms with Gasteiger partial charge in [0.25, 0.3) is 0 Å². The highest BCUT2D eigenvalue weighted by Crippen LogP contribution is 2.51. The molecule has 2 nitrogen and oxygen atoms in total. The van der Waals surface area contributed by atoms with E-state index >= 15 is 0 Å². The summed E-state index contributed by atoms with van der Waals surface area (Å²) in [7, 11) is 0. The molecule has 1 aliphatic rings. The molecule has 1 heterocycles. The minimum Gasteiger partial charge on any atom is -0.376 e. The van der Waals surface area contributed by atoms with E-state index in [0.717, 1.165) is 27.6 Å². The quantitative estimate of drug-likeness (QED) is 0.174. The molecule has 0 saturated carbocycles. The minimum atomic E-state index is -1.39. The van der Waals surface area contributed by atoms with Crippen LogP contribution in [0.4, 0.5) is 0 Å². The molecular weight excluding hydrogens is 619 g/mol.